The van der Waals surface area contributed by atoms with Crippen molar-refractivity contribution >= 4 is 22.9 Å². The molecule has 28 heavy (non-hydrogen) atoms. The van der Waals surface area contributed by atoms with Crippen molar-refractivity contribution in [2.45, 2.75) is 39.8 Å². The highest BCUT2D eigenvalue weighted by molar-refractivity contribution is 6.05. The number of carbonyl (C=O) groups is 2. The molecule has 1 aromatic carbocycles. The molecule has 0 radical (unpaired) electrons. The Morgan fingerprint density at radius 2 is 1.93 bits per heavy atom. The molecule has 2 heterocycles. The monoisotopic (exact) mass is 380 g/mol. The topological polar surface area (TPSA) is 88.3 Å². The molecular weight excluding hydrogens is 356 g/mol. The van der Waals surface area contributed by atoms with E-state index in [1.165, 1.54) is 0 Å². The van der Waals surface area contributed by atoms with Crippen LogP contribution in [0.25, 0.3) is 11.0 Å². The van der Waals surface area contributed by atoms with Crippen LogP contribution in [0.5, 0.6) is 0 Å². The Balaban J connectivity index is 1.90. The molecule has 0 aliphatic heterocycles. The first-order valence-electron chi connectivity index (χ1n) is 9.24. The number of carbonyl (C=O) groups excluding carboxylic acids is 1. The Bertz CT molecular complexity index is 1020. The standard InChI is InChI=1S/C21H24N4O3/c1-5-14(3)25-19-18(11-22-25)17(10-13(2)23-19)20(26)24(4)12-15-6-8-16(9-7-15)21(27)28/h6-11,14H,5,12H2,1-4H3,(H,27,28). The smallest absolute Gasteiger partial charge is 0.335 e. The molecular formula is C21H24N4O3. The number of carboxylic acid groups (broad SMARTS) is 1. The number of benzene rings is 1. The van der Waals surface area contributed by atoms with E-state index in [4.69, 9.17) is 5.11 Å². The second-order valence-corrected chi connectivity index (χ2v) is 7.06. The van der Waals surface area contributed by atoms with Gasteiger partial charge in [-0.1, -0.05) is 19.1 Å². The fourth-order valence-electron chi connectivity index (χ4n) is 3.12. The minimum Gasteiger partial charge on any atom is -0.478 e. The van der Waals surface area contributed by atoms with Gasteiger partial charge in [0.05, 0.1) is 28.8 Å². The lowest BCUT2D eigenvalue weighted by molar-refractivity contribution is 0.0695. The van der Waals surface area contributed by atoms with Gasteiger partial charge >= 0.3 is 5.97 Å². The van der Waals surface area contributed by atoms with Crippen molar-refractivity contribution in [3.63, 3.8) is 0 Å². The molecule has 1 N–H and O–H groups in total. The minimum atomic E-state index is -0.969. The molecule has 7 nitrogen and oxygen atoms in total. The van der Waals surface area contributed by atoms with Crippen LogP contribution in [0.2, 0.25) is 0 Å². The predicted molar refractivity (Wildman–Crippen MR) is 106 cm³/mol. The zero-order valence-electron chi connectivity index (χ0n) is 16.5. The Hall–Kier alpha value is -3.22. The number of nitrogens with zero attached hydrogens (tertiary/aromatic N) is 4. The van der Waals surface area contributed by atoms with E-state index in [0.717, 1.165) is 28.7 Å². The summed E-state index contributed by atoms with van der Waals surface area (Å²) in [5.41, 5.74) is 3.14. The molecule has 2 aromatic heterocycles. The summed E-state index contributed by atoms with van der Waals surface area (Å²) in [5, 5.41) is 14.2. The highest BCUT2D eigenvalue weighted by Gasteiger charge is 2.20. The van der Waals surface area contributed by atoms with Gasteiger partial charge in [-0.05, 0) is 44.0 Å². The van der Waals surface area contributed by atoms with E-state index in [1.807, 2.05) is 11.6 Å². The van der Waals surface area contributed by atoms with Crippen molar-refractivity contribution in [2.75, 3.05) is 7.05 Å². The Morgan fingerprint density at radius 3 is 2.54 bits per heavy atom. The van der Waals surface area contributed by atoms with Crippen LogP contribution in [0.15, 0.2) is 36.5 Å². The zero-order chi connectivity index (χ0) is 20.4. The molecule has 0 fully saturated rings. The fraction of sp³-hybridized carbons (Fsp3) is 0.333. The quantitative estimate of drug-likeness (QED) is 0.705. The number of carboxylic acids is 1. The zero-order valence-corrected chi connectivity index (χ0v) is 16.5. The lowest BCUT2D eigenvalue weighted by atomic mass is 10.1. The maximum Gasteiger partial charge on any atom is 0.335 e. The predicted octanol–water partition coefficient (Wildman–Crippen LogP) is 3.68. The van der Waals surface area contributed by atoms with Crippen molar-refractivity contribution in [3.05, 3.63) is 58.9 Å². The molecule has 1 unspecified atom stereocenters. The summed E-state index contributed by atoms with van der Waals surface area (Å²) in [7, 11) is 1.73. The van der Waals surface area contributed by atoms with Crippen LogP contribution < -0.4 is 0 Å². The average molecular weight is 380 g/mol. The van der Waals surface area contributed by atoms with E-state index in [9.17, 15) is 9.59 Å². The highest BCUT2D eigenvalue weighted by Crippen LogP contribution is 2.23. The third-order valence-electron chi connectivity index (χ3n) is 4.90. The van der Waals surface area contributed by atoms with Gasteiger partial charge in [0, 0.05) is 19.3 Å². The maximum absolute atomic E-state index is 13.1. The van der Waals surface area contributed by atoms with E-state index in [-0.39, 0.29) is 17.5 Å². The van der Waals surface area contributed by atoms with E-state index in [1.54, 1.807) is 48.5 Å². The number of amides is 1. The second kappa shape index (κ2) is 7.80. The van der Waals surface area contributed by atoms with Crippen LogP contribution in [0.1, 0.15) is 58.3 Å². The van der Waals surface area contributed by atoms with Gasteiger partial charge < -0.3 is 10.0 Å². The SMILES string of the molecule is CCC(C)n1ncc2c(C(=O)N(C)Cc3ccc(C(=O)O)cc3)cc(C)nc21. The lowest BCUT2D eigenvalue weighted by Gasteiger charge is -2.18. The number of fused-ring (bicyclic) bond motifs is 1. The molecule has 0 aliphatic carbocycles. The van der Waals surface area contributed by atoms with Gasteiger partial charge in [-0.2, -0.15) is 5.10 Å². The minimum absolute atomic E-state index is 0.124. The summed E-state index contributed by atoms with van der Waals surface area (Å²) in [4.78, 5) is 30.3. The average Bonchev–Trinajstić information content (AvgIpc) is 3.10. The second-order valence-electron chi connectivity index (χ2n) is 7.06. The maximum atomic E-state index is 13.1. The van der Waals surface area contributed by atoms with Crippen molar-refractivity contribution in [1.82, 2.24) is 19.7 Å². The first-order valence-corrected chi connectivity index (χ1v) is 9.24. The van der Waals surface area contributed by atoms with Gasteiger partial charge in [-0.25, -0.2) is 14.5 Å². The first kappa shape index (κ1) is 19.5. The Morgan fingerprint density at radius 1 is 1.25 bits per heavy atom. The molecule has 1 atom stereocenters. The van der Waals surface area contributed by atoms with Crippen molar-refractivity contribution in [3.8, 4) is 0 Å². The summed E-state index contributed by atoms with van der Waals surface area (Å²) in [6.45, 7) is 6.41. The molecule has 0 saturated carbocycles. The van der Waals surface area contributed by atoms with E-state index < -0.39 is 5.97 Å². The normalized spacial score (nSPS) is 12.1. The first-order chi connectivity index (χ1) is 13.3. The van der Waals surface area contributed by atoms with Crippen molar-refractivity contribution in [2.24, 2.45) is 0 Å². The number of hydrogen-bond donors (Lipinski definition) is 1. The lowest BCUT2D eigenvalue weighted by Crippen LogP contribution is -2.26. The number of pyridine rings is 1. The molecule has 7 heteroatoms. The molecule has 3 rings (SSSR count). The Kier molecular flexibility index (Phi) is 5.44. The summed E-state index contributed by atoms with van der Waals surface area (Å²) in [6, 6.07) is 8.52. The van der Waals surface area contributed by atoms with Gasteiger partial charge in [0.15, 0.2) is 5.65 Å². The van der Waals surface area contributed by atoms with Gasteiger partial charge in [0.2, 0.25) is 0 Å². The van der Waals surface area contributed by atoms with Crippen LogP contribution in [0.3, 0.4) is 0 Å². The van der Waals surface area contributed by atoms with E-state index >= 15 is 0 Å². The summed E-state index contributed by atoms with van der Waals surface area (Å²) in [6.07, 6.45) is 2.62. The summed E-state index contributed by atoms with van der Waals surface area (Å²) < 4.78 is 1.86. The van der Waals surface area contributed by atoms with Gasteiger partial charge in [-0.3, -0.25) is 4.79 Å². The van der Waals surface area contributed by atoms with Gasteiger partial charge in [0.1, 0.15) is 0 Å². The van der Waals surface area contributed by atoms with E-state index in [0.29, 0.717) is 12.1 Å². The van der Waals surface area contributed by atoms with Crippen LogP contribution in [0, 0.1) is 6.92 Å². The number of rotatable bonds is 6. The third kappa shape index (κ3) is 3.74. The fourth-order valence-corrected chi connectivity index (χ4v) is 3.12. The molecule has 0 aliphatic rings. The van der Waals surface area contributed by atoms with Crippen LogP contribution in [-0.4, -0.2) is 43.7 Å². The van der Waals surface area contributed by atoms with Crippen LogP contribution in [-0.2, 0) is 6.54 Å². The largest absolute Gasteiger partial charge is 0.478 e. The van der Waals surface area contributed by atoms with E-state index in [2.05, 4.69) is 23.9 Å². The third-order valence-corrected chi connectivity index (χ3v) is 4.90. The molecule has 3 aromatic rings. The molecule has 0 saturated heterocycles. The number of aromatic carboxylic acids is 1. The van der Waals surface area contributed by atoms with Gasteiger partial charge in [-0.15, -0.1) is 0 Å². The molecule has 1 amide bonds. The molecule has 146 valence electrons. The number of aryl methyl sites for hydroxylation is 1. The van der Waals surface area contributed by atoms with Gasteiger partial charge in [0.25, 0.3) is 5.91 Å². The van der Waals surface area contributed by atoms with Crippen molar-refractivity contribution in [1.29, 1.82) is 0 Å². The number of hydrogen-bond acceptors (Lipinski definition) is 4. The summed E-state index contributed by atoms with van der Waals surface area (Å²) in [5.74, 6) is -1.09. The number of aromatic nitrogens is 3. The highest BCUT2D eigenvalue weighted by atomic mass is 16.4. The summed E-state index contributed by atoms with van der Waals surface area (Å²) >= 11 is 0. The van der Waals surface area contributed by atoms with Crippen LogP contribution in [0.4, 0.5) is 0 Å². The Labute approximate surface area is 163 Å². The van der Waals surface area contributed by atoms with Crippen LogP contribution >= 0.6 is 0 Å². The van der Waals surface area contributed by atoms with Crippen molar-refractivity contribution < 1.29 is 14.7 Å². The molecule has 0 bridgehead atoms. The molecule has 0 spiro atoms.